The van der Waals surface area contributed by atoms with E-state index in [1.807, 2.05) is 12.3 Å². The molecule has 2 heterocycles. The predicted octanol–water partition coefficient (Wildman–Crippen LogP) is 2.47. The molecule has 1 aromatic heterocycles. The van der Waals surface area contributed by atoms with Crippen LogP contribution >= 0.6 is 0 Å². The Morgan fingerprint density at radius 1 is 1.25 bits per heavy atom. The third-order valence-corrected chi connectivity index (χ3v) is 3.96. The van der Waals surface area contributed by atoms with Crippen molar-refractivity contribution >= 4 is 0 Å². The van der Waals surface area contributed by atoms with E-state index in [0.29, 0.717) is 11.9 Å². The molecule has 0 saturated carbocycles. The van der Waals surface area contributed by atoms with Crippen molar-refractivity contribution in [2.75, 3.05) is 33.3 Å². The van der Waals surface area contributed by atoms with Crippen LogP contribution in [0, 0.1) is 5.92 Å². The fourth-order valence-corrected chi connectivity index (χ4v) is 2.75. The van der Waals surface area contributed by atoms with Gasteiger partial charge >= 0.3 is 0 Å². The van der Waals surface area contributed by atoms with Gasteiger partial charge in [0.25, 0.3) is 0 Å². The zero-order chi connectivity index (χ0) is 14.4. The molecule has 0 radical (unpaired) electrons. The van der Waals surface area contributed by atoms with Crippen LogP contribution < -0.4 is 10.1 Å². The highest BCUT2D eigenvalue weighted by Crippen LogP contribution is 2.28. The van der Waals surface area contributed by atoms with Gasteiger partial charge in [-0.15, -0.1) is 0 Å². The van der Waals surface area contributed by atoms with Gasteiger partial charge in [0.1, 0.15) is 0 Å². The van der Waals surface area contributed by atoms with Crippen molar-refractivity contribution in [1.82, 2.24) is 15.2 Å². The Balaban J connectivity index is 2.10. The lowest BCUT2D eigenvalue weighted by Gasteiger charge is -2.35. The van der Waals surface area contributed by atoms with Crippen LogP contribution in [0.1, 0.15) is 38.3 Å². The average Bonchev–Trinajstić information content (AvgIpc) is 2.49. The van der Waals surface area contributed by atoms with Crippen LogP contribution in [0.3, 0.4) is 0 Å². The second-order valence-electron chi connectivity index (χ2n) is 5.91. The lowest BCUT2D eigenvalue weighted by molar-refractivity contribution is 0.159. The molecule has 20 heavy (non-hydrogen) atoms. The molecule has 112 valence electrons. The summed E-state index contributed by atoms with van der Waals surface area (Å²) in [7, 11) is 1.66. The third-order valence-electron chi connectivity index (χ3n) is 3.96. The Kier molecular flexibility index (Phi) is 5.80. The fraction of sp³-hybridized carbons (Fsp3) is 0.688. The molecular weight excluding hydrogens is 250 g/mol. The maximum absolute atomic E-state index is 5.16. The molecule has 1 atom stereocenters. The van der Waals surface area contributed by atoms with Crippen LogP contribution in [-0.2, 0) is 0 Å². The minimum Gasteiger partial charge on any atom is -0.481 e. The van der Waals surface area contributed by atoms with E-state index < -0.39 is 0 Å². The second-order valence-corrected chi connectivity index (χ2v) is 5.91. The van der Waals surface area contributed by atoms with Crippen molar-refractivity contribution in [2.24, 2.45) is 5.92 Å². The molecule has 1 aromatic rings. The number of ether oxygens (including phenoxy) is 1. The highest BCUT2D eigenvalue weighted by molar-refractivity contribution is 5.21. The van der Waals surface area contributed by atoms with Crippen LogP contribution in [0.5, 0.6) is 5.88 Å². The number of nitrogens with one attached hydrogen (secondary N) is 1. The van der Waals surface area contributed by atoms with Gasteiger partial charge in [-0.25, -0.2) is 4.98 Å². The lowest BCUT2D eigenvalue weighted by Crippen LogP contribution is -2.45. The Labute approximate surface area is 122 Å². The molecule has 0 unspecified atom stereocenters. The standard InChI is InChI=1S/C16H27N3O/c1-13(2)4-6-15(19-10-8-17-9-11-19)14-5-7-16(20-3)18-12-14/h5,7,12-13,15,17H,4,6,8-11H2,1-3H3/t15-/m1/s1. The van der Waals surface area contributed by atoms with Crippen molar-refractivity contribution in [2.45, 2.75) is 32.7 Å². The minimum atomic E-state index is 0.484. The largest absolute Gasteiger partial charge is 0.481 e. The number of rotatable bonds is 6. The van der Waals surface area contributed by atoms with Gasteiger partial charge in [-0.05, 0) is 24.3 Å². The first kappa shape index (κ1) is 15.3. The Morgan fingerprint density at radius 3 is 2.55 bits per heavy atom. The van der Waals surface area contributed by atoms with Gasteiger partial charge in [0, 0.05) is 44.5 Å². The summed E-state index contributed by atoms with van der Waals surface area (Å²) < 4.78 is 5.16. The van der Waals surface area contributed by atoms with Crippen LogP contribution in [0.2, 0.25) is 0 Å². The van der Waals surface area contributed by atoms with E-state index in [2.05, 4.69) is 35.1 Å². The Hall–Kier alpha value is -1.13. The second kappa shape index (κ2) is 7.60. The molecule has 0 bridgehead atoms. The molecular formula is C16H27N3O. The fourth-order valence-electron chi connectivity index (χ4n) is 2.75. The van der Waals surface area contributed by atoms with Crippen molar-refractivity contribution < 1.29 is 4.74 Å². The molecule has 0 aliphatic carbocycles. The molecule has 4 nitrogen and oxygen atoms in total. The number of hydrogen-bond acceptors (Lipinski definition) is 4. The summed E-state index contributed by atoms with van der Waals surface area (Å²) in [5.74, 6) is 1.43. The molecule has 1 fully saturated rings. The van der Waals surface area contributed by atoms with E-state index >= 15 is 0 Å². The summed E-state index contributed by atoms with van der Waals surface area (Å²) in [6.07, 6.45) is 4.43. The molecule has 1 aliphatic heterocycles. The molecule has 1 aliphatic rings. The molecule has 4 heteroatoms. The summed E-state index contributed by atoms with van der Waals surface area (Å²) in [5, 5.41) is 3.43. The predicted molar refractivity (Wildman–Crippen MR) is 82.0 cm³/mol. The summed E-state index contributed by atoms with van der Waals surface area (Å²) in [5.41, 5.74) is 1.31. The first-order valence-electron chi connectivity index (χ1n) is 7.65. The van der Waals surface area contributed by atoms with Crippen molar-refractivity contribution in [3.05, 3.63) is 23.9 Å². The minimum absolute atomic E-state index is 0.484. The molecule has 1 N–H and O–H groups in total. The van der Waals surface area contributed by atoms with Crippen LogP contribution in [0.15, 0.2) is 18.3 Å². The molecule has 0 spiro atoms. The van der Waals surface area contributed by atoms with E-state index in [1.54, 1.807) is 7.11 Å². The first-order chi connectivity index (χ1) is 9.70. The quantitative estimate of drug-likeness (QED) is 0.867. The van der Waals surface area contributed by atoms with Crippen molar-refractivity contribution in [1.29, 1.82) is 0 Å². The summed E-state index contributed by atoms with van der Waals surface area (Å²) in [6.45, 7) is 9.00. The van der Waals surface area contributed by atoms with E-state index in [0.717, 1.165) is 32.1 Å². The number of aromatic nitrogens is 1. The highest BCUT2D eigenvalue weighted by atomic mass is 16.5. The molecule has 0 amide bonds. The Bertz CT molecular complexity index is 385. The first-order valence-corrected chi connectivity index (χ1v) is 7.65. The van der Waals surface area contributed by atoms with Crippen molar-refractivity contribution in [3.8, 4) is 5.88 Å². The maximum Gasteiger partial charge on any atom is 0.212 e. The van der Waals surface area contributed by atoms with Gasteiger partial charge in [0.2, 0.25) is 5.88 Å². The van der Waals surface area contributed by atoms with E-state index in [4.69, 9.17) is 4.74 Å². The van der Waals surface area contributed by atoms with Gasteiger partial charge in [0.15, 0.2) is 0 Å². The monoisotopic (exact) mass is 277 g/mol. The van der Waals surface area contributed by atoms with Crippen LogP contribution in [-0.4, -0.2) is 43.2 Å². The number of piperazine rings is 1. The average molecular weight is 277 g/mol. The SMILES string of the molecule is COc1ccc([C@@H](CCC(C)C)N2CCNCC2)cn1. The molecule has 1 saturated heterocycles. The number of methoxy groups -OCH3 is 1. The zero-order valence-corrected chi connectivity index (χ0v) is 12.9. The summed E-state index contributed by atoms with van der Waals surface area (Å²) in [6, 6.07) is 4.62. The van der Waals surface area contributed by atoms with Gasteiger partial charge < -0.3 is 10.1 Å². The van der Waals surface area contributed by atoms with Gasteiger partial charge in [-0.3, -0.25) is 4.90 Å². The third kappa shape index (κ3) is 4.18. The molecule has 0 aromatic carbocycles. The summed E-state index contributed by atoms with van der Waals surface area (Å²) in [4.78, 5) is 6.96. The number of pyridine rings is 1. The normalized spacial score (nSPS) is 18.2. The van der Waals surface area contributed by atoms with Gasteiger partial charge in [0.05, 0.1) is 7.11 Å². The topological polar surface area (TPSA) is 37.4 Å². The number of nitrogens with zero attached hydrogens (tertiary/aromatic N) is 2. The van der Waals surface area contributed by atoms with Crippen molar-refractivity contribution in [3.63, 3.8) is 0 Å². The Morgan fingerprint density at radius 2 is 2.00 bits per heavy atom. The highest BCUT2D eigenvalue weighted by Gasteiger charge is 2.22. The zero-order valence-electron chi connectivity index (χ0n) is 12.9. The maximum atomic E-state index is 5.16. The van der Waals surface area contributed by atoms with Gasteiger partial charge in [-0.1, -0.05) is 19.9 Å². The van der Waals surface area contributed by atoms with E-state index in [9.17, 15) is 0 Å². The number of hydrogen-bond donors (Lipinski definition) is 1. The van der Waals surface area contributed by atoms with Gasteiger partial charge in [-0.2, -0.15) is 0 Å². The van der Waals surface area contributed by atoms with E-state index in [1.165, 1.54) is 18.4 Å². The lowest BCUT2D eigenvalue weighted by atomic mass is 9.97. The smallest absolute Gasteiger partial charge is 0.212 e. The van der Waals surface area contributed by atoms with E-state index in [-0.39, 0.29) is 0 Å². The van der Waals surface area contributed by atoms with Crippen LogP contribution in [0.25, 0.3) is 0 Å². The van der Waals surface area contributed by atoms with Crippen LogP contribution in [0.4, 0.5) is 0 Å². The summed E-state index contributed by atoms with van der Waals surface area (Å²) >= 11 is 0. The molecule has 2 rings (SSSR count).